The van der Waals surface area contributed by atoms with Gasteiger partial charge in [-0.05, 0) is 47.7 Å². The monoisotopic (exact) mass is 265 g/mol. The van der Waals surface area contributed by atoms with Gasteiger partial charge in [-0.25, -0.2) is 0 Å². The second kappa shape index (κ2) is 4.10. The lowest BCUT2D eigenvalue weighted by molar-refractivity contribution is 0.0701. The first-order valence-corrected chi connectivity index (χ1v) is 6.95. The van der Waals surface area contributed by atoms with Gasteiger partial charge in [-0.2, -0.15) is 0 Å². The molecule has 1 amide bonds. The quantitative estimate of drug-likeness (QED) is 0.861. The number of hydrogen-bond acceptors (Lipinski definition) is 2. The third-order valence-electron chi connectivity index (χ3n) is 4.40. The molecule has 1 heterocycles. The highest BCUT2D eigenvalue weighted by molar-refractivity contribution is 5.98. The van der Waals surface area contributed by atoms with Gasteiger partial charge in [0.05, 0.1) is 6.04 Å². The van der Waals surface area contributed by atoms with E-state index in [4.69, 9.17) is 0 Å². The fraction of sp³-hybridized carbons (Fsp3) is 0.235. The number of phenolic OH excluding ortho intramolecular Hbond substituents is 1. The summed E-state index contributed by atoms with van der Waals surface area (Å²) in [6.07, 6.45) is 2.03. The summed E-state index contributed by atoms with van der Waals surface area (Å²) in [4.78, 5) is 14.5. The predicted molar refractivity (Wildman–Crippen MR) is 75.5 cm³/mol. The molecule has 0 radical (unpaired) electrons. The normalized spacial score (nSPS) is 20.1. The standard InChI is InChI=1S/C17H15NO2/c19-13-6-7-15-12(9-13)10-18(17(15)20)16-8-5-11-3-1-2-4-14(11)16/h1-4,6-7,9,16,19H,5,8,10H2/t16-/m1/s1. The van der Waals surface area contributed by atoms with E-state index in [0.717, 1.165) is 24.0 Å². The van der Waals surface area contributed by atoms with Crippen molar-refractivity contribution in [1.82, 2.24) is 4.90 Å². The highest BCUT2D eigenvalue weighted by Crippen LogP contribution is 2.40. The SMILES string of the molecule is O=C1c2ccc(O)cc2CN1[C@@H]1CCc2ccccc21. The zero-order valence-electron chi connectivity index (χ0n) is 11.0. The number of amides is 1. The number of carbonyl (C=O) groups is 1. The van der Waals surface area contributed by atoms with Crippen LogP contribution in [0.3, 0.4) is 0 Å². The van der Waals surface area contributed by atoms with Gasteiger partial charge in [0.2, 0.25) is 0 Å². The van der Waals surface area contributed by atoms with Crippen LogP contribution in [-0.2, 0) is 13.0 Å². The van der Waals surface area contributed by atoms with Gasteiger partial charge >= 0.3 is 0 Å². The first kappa shape index (κ1) is 11.5. The minimum Gasteiger partial charge on any atom is -0.508 e. The van der Waals surface area contributed by atoms with Crippen LogP contribution in [-0.4, -0.2) is 15.9 Å². The highest BCUT2D eigenvalue weighted by Gasteiger charge is 2.36. The number of phenols is 1. The number of aromatic hydroxyl groups is 1. The zero-order valence-corrected chi connectivity index (χ0v) is 11.0. The van der Waals surface area contributed by atoms with Crippen molar-refractivity contribution >= 4 is 5.91 Å². The number of carbonyl (C=O) groups excluding carboxylic acids is 1. The Morgan fingerprint density at radius 2 is 1.95 bits per heavy atom. The van der Waals surface area contributed by atoms with Crippen molar-refractivity contribution in [2.75, 3.05) is 0 Å². The molecule has 2 aliphatic rings. The van der Waals surface area contributed by atoms with Crippen LogP contribution in [0.15, 0.2) is 42.5 Å². The maximum Gasteiger partial charge on any atom is 0.255 e. The minimum absolute atomic E-state index is 0.0849. The summed E-state index contributed by atoms with van der Waals surface area (Å²) in [6.45, 7) is 0.599. The molecule has 100 valence electrons. The molecule has 0 aromatic heterocycles. The molecule has 0 saturated carbocycles. The molecule has 1 atom stereocenters. The maximum atomic E-state index is 12.5. The Labute approximate surface area is 117 Å². The smallest absolute Gasteiger partial charge is 0.255 e. The average Bonchev–Trinajstić information content (AvgIpc) is 3.00. The molecule has 0 bridgehead atoms. The average molecular weight is 265 g/mol. The Morgan fingerprint density at radius 3 is 2.85 bits per heavy atom. The molecule has 4 rings (SSSR count). The van der Waals surface area contributed by atoms with E-state index in [0.29, 0.717) is 6.54 Å². The summed E-state index contributed by atoms with van der Waals surface area (Å²) in [5, 5.41) is 9.56. The lowest BCUT2D eigenvalue weighted by atomic mass is 10.1. The lowest BCUT2D eigenvalue weighted by Crippen LogP contribution is -2.27. The van der Waals surface area contributed by atoms with Crippen molar-refractivity contribution in [2.45, 2.75) is 25.4 Å². The van der Waals surface area contributed by atoms with Gasteiger partial charge in [0.1, 0.15) is 5.75 Å². The second-order valence-corrected chi connectivity index (χ2v) is 5.53. The van der Waals surface area contributed by atoms with E-state index in [9.17, 15) is 9.90 Å². The van der Waals surface area contributed by atoms with Gasteiger partial charge in [0.15, 0.2) is 0 Å². The number of nitrogens with zero attached hydrogens (tertiary/aromatic N) is 1. The van der Waals surface area contributed by atoms with Gasteiger partial charge in [0, 0.05) is 12.1 Å². The molecule has 1 aliphatic carbocycles. The van der Waals surface area contributed by atoms with E-state index >= 15 is 0 Å². The molecule has 0 spiro atoms. The fourth-order valence-corrected chi connectivity index (χ4v) is 3.44. The van der Waals surface area contributed by atoms with Gasteiger partial charge in [-0.1, -0.05) is 24.3 Å². The zero-order chi connectivity index (χ0) is 13.7. The number of hydrogen-bond donors (Lipinski definition) is 1. The summed E-state index contributed by atoms with van der Waals surface area (Å²) in [5.74, 6) is 0.312. The topological polar surface area (TPSA) is 40.5 Å². The molecule has 1 aliphatic heterocycles. The van der Waals surface area contributed by atoms with E-state index in [-0.39, 0.29) is 17.7 Å². The van der Waals surface area contributed by atoms with Crippen LogP contribution in [0.1, 0.15) is 39.5 Å². The Morgan fingerprint density at radius 1 is 1.10 bits per heavy atom. The van der Waals surface area contributed by atoms with Crippen molar-refractivity contribution in [2.24, 2.45) is 0 Å². The number of rotatable bonds is 1. The molecular formula is C17H15NO2. The summed E-state index contributed by atoms with van der Waals surface area (Å²) in [7, 11) is 0. The summed E-state index contributed by atoms with van der Waals surface area (Å²) in [5.41, 5.74) is 4.29. The van der Waals surface area contributed by atoms with E-state index in [1.54, 1.807) is 18.2 Å². The van der Waals surface area contributed by atoms with Crippen LogP contribution in [0.2, 0.25) is 0 Å². The van der Waals surface area contributed by atoms with Gasteiger partial charge < -0.3 is 10.0 Å². The van der Waals surface area contributed by atoms with Crippen molar-refractivity contribution in [3.05, 3.63) is 64.7 Å². The number of fused-ring (bicyclic) bond motifs is 2. The molecule has 2 aromatic rings. The molecule has 3 heteroatoms. The van der Waals surface area contributed by atoms with Crippen molar-refractivity contribution in [3.63, 3.8) is 0 Å². The predicted octanol–water partition coefficient (Wildman–Crippen LogP) is 3.04. The first-order valence-electron chi connectivity index (χ1n) is 6.95. The summed E-state index contributed by atoms with van der Waals surface area (Å²) < 4.78 is 0. The van der Waals surface area contributed by atoms with Crippen molar-refractivity contribution in [1.29, 1.82) is 0 Å². The first-order chi connectivity index (χ1) is 9.74. The molecule has 0 saturated heterocycles. The Hall–Kier alpha value is -2.29. The van der Waals surface area contributed by atoms with E-state index in [1.165, 1.54) is 11.1 Å². The van der Waals surface area contributed by atoms with E-state index in [1.807, 2.05) is 11.0 Å². The molecular weight excluding hydrogens is 250 g/mol. The van der Waals surface area contributed by atoms with Crippen LogP contribution in [0.5, 0.6) is 5.75 Å². The minimum atomic E-state index is 0.0849. The molecule has 3 nitrogen and oxygen atoms in total. The van der Waals surface area contributed by atoms with Crippen molar-refractivity contribution < 1.29 is 9.90 Å². The summed E-state index contributed by atoms with van der Waals surface area (Å²) >= 11 is 0. The molecule has 0 fully saturated rings. The van der Waals surface area contributed by atoms with Gasteiger partial charge in [-0.15, -0.1) is 0 Å². The largest absolute Gasteiger partial charge is 0.508 e. The number of benzene rings is 2. The van der Waals surface area contributed by atoms with Gasteiger partial charge in [-0.3, -0.25) is 4.79 Å². The Balaban J connectivity index is 1.71. The van der Waals surface area contributed by atoms with Crippen LogP contribution in [0, 0.1) is 0 Å². The van der Waals surface area contributed by atoms with Crippen LogP contribution >= 0.6 is 0 Å². The second-order valence-electron chi connectivity index (χ2n) is 5.53. The Kier molecular flexibility index (Phi) is 2.36. The third kappa shape index (κ3) is 1.56. The number of aryl methyl sites for hydroxylation is 1. The van der Waals surface area contributed by atoms with Crippen LogP contribution < -0.4 is 0 Å². The molecule has 1 N–H and O–H groups in total. The Bertz CT molecular complexity index is 708. The highest BCUT2D eigenvalue weighted by atomic mass is 16.3. The molecule has 2 aromatic carbocycles. The molecule has 0 unspecified atom stereocenters. The summed E-state index contributed by atoms with van der Waals surface area (Å²) in [6, 6.07) is 13.6. The van der Waals surface area contributed by atoms with Crippen LogP contribution in [0.4, 0.5) is 0 Å². The third-order valence-corrected chi connectivity index (χ3v) is 4.40. The van der Waals surface area contributed by atoms with Crippen molar-refractivity contribution in [3.8, 4) is 5.75 Å². The lowest BCUT2D eigenvalue weighted by Gasteiger charge is -2.24. The molecule has 20 heavy (non-hydrogen) atoms. The maximum absolute atomic E-state index is 12.5. The van der Waals surface area contributed by atoms with E-state index < -0.39 is 0 Å². The van der Waals surface area contributed by atoms with Gasteiger partial charge in [0.25, 0.3) is 5.91 Å². The van der Waals surface area contributed by atoms with Crippen LogP contribution in [0.25, 0.3) is 0 Å². The fourth-order valence-electron chi connectivity index (χ4n) is 3.44. The van der Waals surface area contributed by atoms with E-state index in [2.05, 4.69) is 18.2 Å².